The molecule has 0 radical (unpaired) electrons. The Balaban J connectivity index is 2.39. The second-order valence-corrected chi connectivity index (χ2v) is 5.32. The van der Waals surface area contributed by atoms with Crippen LogP contribution < -0.4 is 5.56 Å². The highest BCUT2D eigenvalue weighted by Crippen LogP contribution is 2.35. The minimum absolute atomic E-state index is 0.0367. The molecule has 0 aromatic carbocycles. The summed E-state index contributed by atoms with van der Waals surface area (Å²) >= 11 is 11.6. The van der Waals surface area contributed by atoms with Crippen molar-refractivity contribution in [2.75, 3.05) is 0 Å². The summed E-state index contributed by atoms with van der Waals surface area (Å²) in [7, 11) is 0. The molecule has 1 aromatic rings. The van der Waals surface area contributed by atoms with Crippen LogP contribution in [0.25, 0.3) is 0 Å². The van der Waals surface area contributed by atoms with Crippen molar-refractivity contribution in [2.45, 2.75) is 45.1 Å². The Morgan fingerprint density at radius 3 is 2.82 bits per heavy atom. The highest BCUT2D eigenvalue weighted by Gasteiger charge is 2.26. The summed E-state index contributed by atoms with van der Waals surface area (Å²) in [5.41, 5.74) is -0.211. The minimum Gasteiger partial charge on any atom is -0.294 e. The molecule has 0 amide bonds. The molecule has 2 unspecified atom stereocenters. The van der Waals surface area contributed by atoms with Crippen molar-refractivity contribution in [3.8, 4) is 0 Å². The van der Waals surface area contributed by atoms with Crippen LogP contribution in [0.5, 0.6) is 0 Å². The molecule has 1 aliphatic carbocycles. The highest BCUT2D eigenvalue weighted by atomic mass is 35.5. The fourth-order valence-corrected chi connectivity index (χ4v) is 2.96. The van der Waals surface area contributed by atoms with Gasteiger partial charge in [-0.25, -0.2) is 4.98 Å². The molecule has 0 aliphatic heterocycles. The van der Waals surface area contributed by atoms with Gasteiger partial charge in [-0.2, -0.15) is 0 Å². The second kappa shape index (κ2) is 5.40. The van der Waals surface area contributed by atoms with Gasteiger partial charge in [-0.05, 0) is 18.8 Å². The molecule has 3 nitrogen and oxygen atoms in total. The smallest absolute Gasteiger partial charge is 0.273 e. The van der Waals surface area contributed by atoms with Gasteiger partial charge in [0.1, 0.15) is 5.02 Å². The number of nitrogens with zero attached hydrogens (tertiary/aromatic N) is 2. The van der Waals surface area contributed by atoms with E-state index in [0.717, 1.165) is 19.3 Å². The van der Waals surface area contributed by atoms with Crippen molar-refractivity contribution in [3.05, 3.63) is 26.9 Å². The van der Waals surface area contributed by atoms with Gasteiger partial charge < -0.3 is 0 Å². The SMILES string of the molecule is CCC1CCCCC1n1cnc(Cl)c(Cl)c1=O. The van der Waals surface area contributed by atoms with E-state index in [0.29, 0.717) is 5.92 Å². The summed E-state index contributed by atoms with van der Waals surface area (Å²) in [5, 5.41) is 0.131. The molecule has 1 fully saturated rings. The van der Waals surface area contributed by atoms with Crippen molar-refractivity contribution >= 4 is 23.2 Å². The fraction of sp³-hybridized carbons (Fsp3) is 0.667. The first-order valence-corrected chi connectivity index (χ1v) is 6.83. The zero-order valence-electron chi connectivity index (χ0n) is 9.83. The van der Waals surface area contributed by atoms with Gasteiger partial charge >= 0.3 is 0 Å². The maximum atomic E-state index is 12.1. The summed E-state index contributed by atoms with van der Waals surface area (Å²) in [4.78, 5) is 16.0. The van der Waals surface area contributed by atoms with Gasteiger partial charge in [-0.1, -0.05) is 49.4 Å². The Kier molecular flexibility index (Phi) is 4.10. The van der Waals surface area contributed by atoms with Gasteiger partial charge in [0.05, 0.1) is 6.33 Å². The number of hydrogen-bond acceptors (Lipinski definition) is 2. The summed E-state index contributed by atoms with van der Waals surface area (Å²) in [5.74, 6) is 0.542. The molecule has 0 saturated heterocycles. The van der Waals surface area contributed by atoms with E-state index in [2.05, 4.69) is 11.9 Å². The van der Waals surface area contributed by atoms with E-state index in [9.17, 15) is 4.79 Å². The molecule has 0 spiro atoms. The number of rotatable bonds is 2. The van der Waals surface area contributed by atoms with Crippen LogP contribution >= 0.6 is 23.2 Å². The molecule has 5 heteroatoms. The summed E-state index contributed by atoms with van der Waals surface area (Å²) < 4.78 is 1.67. The highest BCUT2D eigenvalue weighted by molar-refractivity contribution is 6.40. The first kappa shape index (κ1) is 12.9. The molecule has 17 heavy (non-hydrogen) atoms. The summed E-state index contributed by atoms with van der Waals surface area (Å²) in [6.07, 6.45) is 7.23. The molecular formula is C12H16Cl2N2O. The van der Waals surface area contributed by atoms with Crippen LogP contribution in [0.3, 0.4) is 0 Å². The lowest BCUT2D eigenvalue weighted by Gasteiger charge is -2.32. The van der Waals surface area contributed by atoms with Gasteiger partial charge in [0, 0.05) is 6.04 Å². The van der Waals surface area contributed by atoms with Crippen molar-refractivity contribution in [1.82, 2.24) is 9.55 Å². The predicted molar refractivity (Wildman–Crippen MR) is 69.8 cm³/mol. The van der Waals surface area contributed by atoms with Crippen molar-refractivity contribution in [2.24, 2.45) is 5.92 Å². The van der Waals surface area contributed by atoms with Crippen LogP contribution in [0.2, 0.25) is 10.2 Å². The van der Waals surface area contributed by atoms with Crippen molar-refractivity contribution < 1.29 is 0 Å². The van der Waals surface area contributed by atoms with Gasteiger partial charge in [0.2, 0.25) is 0 Å². The third-order valence-corrected chi connectivity index (χ3v) is 4.37. The third-order valence-electron chi connectivity index (χ3n) is 3.65. The lowest BCUT2D eigenvalue weighted by atomic mass is 9.83. The number of halogens is 2. The molecule has 2 atom stereocenters. The molecule has 94 valence electrons. The Bertz CT molecular complexity index is 458. The lowest BCUT2D eigenvalue weighted by molar-refractivity contribution is 0.226. The third kappa shape index (κ3) is 2.50. The average molecular weight is 275 g/mol. The molecule has 0 bridgehead atoms. The Hall–Kier alpha value is -0.540. The molecule has 1 heterocycles. The zero-order chi connectivity index (χ0) is 12.4. The summed E-state index contributed by atoms with van der Waals surface area (Å²) in [6, 6.07) is 0.225. The van der Waals surface area contributed by atoms with E-state index >= 15 is 0 Å². The maximum Gasteiger partial charge on any atom is 0.273 e. The summed E-state index contributed by atoms with van der Waals surface area (Å²) in [6.45, 7) is 2.17. The number of aromatic nitrogens is 2. The molecule has 2 rings (SSSR count). The predicted octanol–water partition coefficient (Wildman–Crippen LogP) is 3.69. The van der Waals surface area contributed by atoms with Gasteiger partial charge in [-0.3, -0.25) is 9.36 Å². The van der Waals surface area contributed by atoms with E-state index in [1.54, 1.807) is 4.57 Å². The molecule has 0 N–H and O–H groups in total. The maximum absolute atomic E-state index is 12.1. The van der Waals surface area contributed by atoms with Crippen molar-refractivity contribution in [1.29, 1.82) is 0 Å². The van der Waals surface area contributed by atoms with E-state index in [1.165, 1.54) is 19.2 Å². The standard InChI is InChI=1S/C12H16Cl2N2O/c1-2-8-5-3-4-6-9(8)16-7-15-11(14)10(13)12(16)17/h7-9H,2-6H2,1H3. The molecule has 1 aliphatic rings. The quantitative estimate of drug-likeness (QED) is 0.771. The Morgan fingerprint density at radius 2 is 2.12 bits per heavy atom. The Morgan fingerprint density at radius 1 is 1.41 bits per heavy atom. The normalized spacial score (nSPS) is 24.9. The lowest BCUT2D eigenvalue weighted by Crippen LogP contribution is -2.32. The van der Waals surface area contributed by atoms with E-state index in [1.807, 2.05) is 0 Å². The van der Waals surface area contributed by atoms with Gasteiger partial charge in [-0.15, -0.1) is 0 Å². The molecule has 1 aromatic heterocycles. The van der Waals surface area contributed by atoms with Crippen LogP contribution in [0.1, 0.15) is 45.1 Å². The van der Waals surface area contributed by atoms with Crippen LogP contribution in [0.4, 0.5) is 0 Å². The minimum atomic E-state index is -0.211. The van der Waals surface area contributed by atoms with Gasteiger partial charge in [0.25, 0.3) is 5.56 Å². The first-order valence-electron chi connectivity index (χ1n) is 6.07. The van der Waals surface area contributed by atoms with Crippen LogP contribution in [-0.2, 0) is 0 Å². The van der Waals surface area contributed by atoms with E-state index < -0.39 is 0 Å². The average Bonchev–Trinajstić information content (AvgIpc) is 2.36. The Labute approximate surface area is 111 Å². The molecule has 1 saturated carbocycles. The first-order chi connectivity index (χ1) is 8.15. The van der Waals surface area contributed by atoms with Crippen LogP contribution in [0, 0.1) is 5.92 Å². The second-order valence-electron chi connectivity index (χ2n) is 4.58. The van der Waals surface area contributed by atoms with E-state index in [-0.39, 0.29) is 21.8 Å². The number of hydrogen-bond donors (Lipinski definition) is 0. The van der Waals surface area contributed by atoms with E-state index in [4.69, 9.17) is 23.2 Å². The van der Waals surface area contributed by atoms with Gasteiger partial charge in [0.15, 0.2) is 5.15 Å². The fourth-order valence-electron chi connectivity index (χ4n) is 2.69. The molecular weight excluding hydrogens is 259 g/mol. The topological polar surface area (TPSA) is 34.9 Å². The zero-order valence-corrected chi connectivity index (χ0v) is 11.3. The monoisotopic (exact) mass is 274 g/mol. The van der Waals surface area contributed by atoms with Crippen molar-refractivity contribution in [3.63, 3.8) is 0 Å². The van der Waals surface area contributed by atoms with Crippen LogP contribution in [0.15, 0.2) is 11.1 Å². The van der Waals surface area contributed by atoms with Crippen LogP contribution in [-0.4, -0.2) is 9.55 Å². The largest absolute Gasteiger partial charge is 0.294 e.